The van der Waals surface area contributed by atoms with E-state index in [0.717, 1.165) is 35.0 Å². The summed E-state index contributed by atoms with van der Waals surface area (Å²) in [5.74, 6) is 5.72. The van der Waals surface area contributed by atoms with Crippen molar-refractivity contribution in [3.63, 3.8) is 0 Å². The van der Waals surface area contributed by atoms with Crippen LogP contribution in [0, 0.1) is 35.0 Å². The first-order valence-electron chi connectivity index (χ1n) is 9.48. The van der Waals surface area contributed by atoms with Crippen LogP contribution in [0.15, 0.2) is 0 Å². The molecule has 0 heterocycles. The largest absolute Gasteiger partial charge is 0.394 e. The van der Waals surface area contributed by atoms with Gasteiger partial charge in [-0.05, 0) is 80.0 Å². The Hall–Kier alpha value is -0.130. The van der Waals surface area contributed by atoms with Gasteiger partial charge >= 0.3 is 10.4 Å². The van der Waals surface area contributed by atoms with Crippen molar-refractivity contribution < 1.29 is 17.5 Å². The average Bonchev–Trinajstić information content (AvgIpc) is 2.87. The molecule has 4 rings (SSSR count). The summed E-state index contributed by atoms with van der Waals surface area (Å²) >= 11 is 0. The number of hydrogen-bond acceptors (Lipinski definition) is 2. The molecular weight excluding hydrogens is 312 g/mol. The Kier molecular flexibility index (Phi) is 5.11. The molecule has 0 aromatic carbocycles. The van der Waals surface area contributed by atoms with Crippen molar-refractivity contribution in [3.05, 3.63) is 0 Å². The van der Waals surface area contributed by atoms with Gasteiger partial charge in [-0.25, -0.2) is 0 Å². The summed E-state index contributed by atoms with van der Waals surface area (Å²) in [5.41, 5.74) is 0.767. The first-order chi connectivity index (χ1) is 10.8. The van der Waals surface area contributed by atoms with Crippen LogP contribution in [0.4, 0.5) is 0 Å². The molecule has 0 spiro atoms. The van der Waals surface area contributed by atoms with Crippen molar-refractivity contribution in [3.8, 4) is 0 Å². The Balaban J connectivity index is 0.000000276. The average molecular weight is 345 g/mol. The van der Waals surface area contributed by atoms with E-state index >= 15 is 0 Å². The van der Waals surface area contributed by atoms with Crippen molar-refractivity contribution in [2.75, 3.05) is 0 Å². The van der Waals surface area contributed by atoms with E-state index in [-0.39, 0.29) is 0 Å². The molecule has 5 heteroatoms. The van der Waals surface area contributed by atoms with Gasteiger partial charge in [0, 0.05) is 0 Å². The highest BCUT2D eigenvalue weighted by atomic mass is 32.3. The minimum absolute atomic E-state index is 0.767. The van der Waals surface area contributed by atoms with Gasteiger partial charge in [-0.2, -0.15) is 8.42 Å². The van der Waals surface area contributed by atoms with Gasteiger partial charge < -0.3 is 0 Å². The second kappa shape index (κ2) is 6.64. The molecule has 23 heavy (non-hydrogen) atoms. The number of fused-ring (bicyclic) bond motifs is 5. The highest BCUT2D eigenvalue weighted by Gasteiger charge is 2.52. The molecule has 0 aromatic heterocycles. The zero-order chi connectivity index (χ0) is 16.7. The van der Waals surface area contributed by atoms with Crippen LogP contribution >= 0.6 is 0 Å². The molecule has 0 saturated heterocycles. The fourth-order valence-corrected chi connectivity index (χ4v) is 6.82. The fourth-order valence-electron chi connectivity index (χ4n) is 6.82. The normalized spacial score (nSPS) is 46.0. The SMILES string of the molecule is C[C@@]12CCC[C@H]1[C@@H]1CCC3CCCC[C@@H]3[C@H]1CC2.O=S(=O)(O)O. The fraction of sp³-hybridized carbons (Fsp3) is 1.00. The molecule has 0 bridgehead atoms. The van der Waals surface area contributed by atoms with Crippen LogP contribution in [0.5, 0.6) is 0 Å². The number of rotatable bonds is 0. The van der Waals surface area contributed by atoms with Gasteiger partial charge in [0.2, 0.25) is 0 Å². The first-order valence-corrected chi connectivity index (χ1v) is 10.9. The van der Waals surface area contributed by atoms with Crippen molar-refractivity contribution in [1.82, 2.24) is 0 Å². The minimum Gasteiger partial charge on any atom is -0.264 e. The highest BCUT2D eigenvalue weighted by Crippen LogP contribution is 2.62. The third kappa shape index (κ3) is 3.93. The highest BCUT2D eigenvalue weighted by molar-refractivity contribution is 7.79. The van der Waals surface area contributed by atoms with E-state index in [0.29, 0.717) is 0 Å². The molecule has 0 aromatic rings. The maximum atomic E-state index is 8.74. The van der Waals surface area contributed by atoms with Crippen LogP contribution in [0.1, 0.15) is 77.6 Å². The quantitative estimate of drug-likeness (QED) is 0.621. The second-order valence-corrected chi connectivity index (χ2v) is 9.65. The molecule has 4 fully saturated rings. The third-order valence-corrected chi connectivity index (χ3v) is 7.66. The standard InChI is InChI=1S/C18H30.H2O4S/c1-18-11-4-7-17(18)16-9-8-13-5-2-3-6-14(13)15(16)10-12-18;1-5(2,3)4/h13-17H,2-12H2,1H3;(H2,1,2,3,4)/t13?,14-,15+,16+,17-,18-;/m0./s1. The van der Waals surface area contributed by atoms with Crippen molar-refractivity contribution in [2.45, 2.75) is 77.6 Å². The molecule has 4 nitrogen and oxygen atoms in total. The van der Waals surface area contributed by atoms with E-state index in [4.69, 9.17) is 17.5 Å². The van der Waals surface area contributed by atoms with E-state index in [2.05, 4.69) is 6.92 Å². The van der Waals surface area contributed by atoms with E-state index in [1.807, 2.05) is 0 Å². The molecule has 4 aliphatic rings. The van der Waals surface area contributed by atoms with Crippen LogP contribution in [0.25, 0.3) is 0 Å². The van der Waals surface area contributed by atoms with Gasteiger partial charge in [-0.1, -0.05) is 32.6 Å². The van der Waals surface area contributed by atoms with Crippen molar-refractivity contribution >= 4 is 10.4 Å². The zero-order valence-corrected chi connectivity index (χ0v) is 15.1. The van der Waals surface area contributed by atoms with E-state index < -0.39 is 10.4 Å². The summed E-state index contributed by atoms with van der Waals surface area (Å²) in [4.78, 5) is 0. The van der Waals surface area contributed by atoms with Gasteiger partial charge in [-0.15, -0.1) is 0 Å². The van der Waals surface area contributed by atoms with Crippen LogP contribution in [0.3, 0.4) is 0 Å². The number of hydrogen-bond donors (Lipinski definition) is 2. The molecule has 0 aliphatic heterocycles. The predicted octanol–water partition coefficient (Wildman–Crippen LogP) is 4.77. The molecule has 134 valence electrons. The van der Waals surface area contributed by atoms with Gasteiger partial charge in [-0.3, -0.25) is 9.11 Å². The molecule has 0 amide bonds. The first kappa shape index (κ1) is 17.7. The lowest BCUT2D eigenvalue weighted by atomic mass is 9.51. The molecule has 6 atom stereocenters. The summed E-state index contributed by atoms with van der Waals surface area (Å²) < 4.78 is 31.6. The summed E-state index contributed by atoms with van der Waals surface area (Å²) in [6, 6.07) is 0. The predicted molar refractivity (Wildman–Crippen MR) is 90.5 cm³/mol. The molecule has 0 radical (unpaired) electrons. The molecule has 2 N–H and O–H groups in total. The molecule has 4 aliphatic carbocycles. The van der Waals surface area contributed by atoms with E-state index in [1.54, 1.807) is 70.6 Å². The lowest BCUT2D eigenvalue weighted by Crippen LogP contribution is -2.46. The van der Waals surface area contributed by atoms with Gasteiger partial charge in [0.1, 0.15) is 0 Å². The maximum absolute atomic E-state index is 8.74. The molecule has 4 saturated carbocycles. The maximum Gasteiger partial charge on any atom is 0.394 e. The van der Waals surface area contributed by atoms with Crippen LogP contribution in [-0.4, -0.2) is 17.5 Å². The smallest absolute Gasteiger partial charge is 0.264 e. The topological polar surface area (TPSA) is 74.6 Å². The molecule has 1 unspecified atom stereocenters. The van der Waals surface area contributed by atoms with Crippen molar-refractivity contribution in [1.29, 1.82) is 0 Å². The monoisotopic (exact) mass is 344 g/mol. The Morgan fingerprint density at radius 1 is 0.783 bits per heavy atom. The third-order valence-electron chi connectivity index (χ3n) is 7.66. The van der Waals surface area contributed by atoms with Gasteiger partial charge in [0.25, 0.3) is 0 Å². The lowest BCUT2D eigenvalue weighted by Gasteiger charge is -2.54. The Morgan fingerprint density at radius 3 is 2.22 bits per heavy atom. The van der Waals surface area contributed by atoms with Crippen molar-refractivity contribution in [2.24, 2.45) is 35.0 Å². The Bertz CT molecular complexity index is 509. The summed E-state index contributed by atoms with van der Waals surface area (Å²) in [5, 5.41) is 0. The van der Waals surface area contributed by atoms with Crippen LogP contribution in [0.2, 0.25) is 0 Å². The van der Waals surface area contributed by atoms with Crippen LogP contribution < -0.4 is 0 Å². The minimum atomic E-state index is -4.67. The van der Waals surface area contributed by atoms with E-state index in [9.17, 15) is 0 Å². The van der Waals surface area contributed by atoms with E-state index in [1.165, 1.54) is 0 Å². The zero-order valence-electron chi connectivity index (χ0n) is 14.3. The lowest BCUT2D eigenvalue weighted by molar-refractivity contribution is -0.0492. The Labute approximate surface area is 141 Å². The Morgan fingerprint density at radius 2 is 1.48 bits per heavy atom. The van der Waals surface area contributed by atoms with Gasteiger partial charge in [0.15, 0.2) is 0 Å². The van der Waals surface area contributed by atoms with Gasteiger partial charge in [0.05, 0.1) is 0 Å². The van der Waals surface area contributed by atoms with Crippen LogP contribution in [-0.2, 0) is 10.4 Å². The summed E-state index contributed by atoms with van der Waals surface area (Å²) in [6.45, 7) is 2.63. The summed E-state index contributed by atoms with van der Waals surface area (Å²) in [7, 11) is -4.67. The second-order valence-electron chi connectivity index (χ2n) is 8.75. The molecular formula is C18H32O4S. The summed E-state index contributed by atoms with van der Waals surface area (Å²) in [6.07, 6.45) is 17.3.